The second-order valence-corrected chi connectivity index (χ2v) is 3.09. The van der Waals surface area contributed by atoms with Gasteiger partial charge in [0.15, 0.2) is 5.11 Å². The van der Waals surface area contributed by atoms with Crippen LogP contribution in [0.1, 0.15) is 5.56 Å². The van der Waals surface area contributed by atoms with Gasteiger partial charge in [-0.3, -0.25) is 4.79 Å². The van der Waals surface area contributed by atoms with E-state index in [-0.39, 0.29) is 11.0 Å². The Morgan fingerprint density at radius 3 is 2.57 bits per heavy atom. The molecule has 74 valence electrons. The summed E-state index contributed by atoms with van der Waals surface area (Å²) in [6.45, 7) is 0. The zero-order valence-electron chi connectivity index (χ0n) is 7.49. The summed E-state index contributed by atoms with van der Waals surface area (Å²) in [5.41, 5.74) is 3.12. The number of amides is 1. The second kappa shape index (κ2) is 5.31. The van der Waals surface area contributed by atoms with E-state index in [1.54, 1.807) is 0 Å². The first-order valence-electron chi connectivity index (χ1n) is 4.06. The summed E-state index contributed by atoms with van der Waals surface area (Å²) in [4.78, 5) is 11.3. The van der Waals surface area contributed by atoms with Crippen LogP contribution in [0.25, 0.3) is 0 Å². The highest BCUT2D eigenvalue weighted by atomic mass is 32.1. The number of benzene rings is 1. The van der Waals surface area contributed by atoms with Crippen molar-refractivity contribution in [1.29, 1.82) is 0 Å². The molecule has 0 aliphatic rings. The molecule has 0 aromatic heterocycles. The van der Waals surface area contributed by atoms with Gasteiger partial charge < -0.3 is 10.7 Å². The maximum atomic E-state index is 11.3. The van der Waals surface area contributed by atoms with E-state index < -0.39 is 0 Å². The smallest absolute Gasteiger partial charge is 0.230 e. The van der Waals surface area contributed by atoms with Crippen molar-refractivity contribution in [3.8, 4) is 0 Å². The van der Waals surface area contributed by atoms with Crippen LogP contribution < -0.4 is 16.6 Å². The van der Waals surface area contributed by atoms with Crippen LogP contribution in [-0.2, 0) is 11.2 Å². The van der Waals surface area contributed by atoms with E-state index in [0.29, 0.717) is 6.42 Å². The van der Waals surface area contributed by atoms with Crippen LogP contribution in [0.5, 0.6) is 0 Å². The Balaban J connectivity index is 2.46. The summed E-state index contributed by atoms with van der Waals surface area (Å²) in [5.74, 6) is 4.83. The fourth-order valence-corrected chi connectivity index (χ4v) is 1.10. The van der Waals surface area contributed by atoms with E-state index in [2.05, 4.69) is 23.0 Å². The predicted molar refractivity (Wildman–Crippen MR) is 58.2 cm³/mol. The first-order chi connectivity index (χ1) is 6.72. The van der Waals surface area contributed by atoms with Gasteiger partial charge in [0.2, 0.25) is 5.91 Å². The van der Waals surface area contributed by atoms with Gasteiger partial charge in [-0.2, -0.15) is 0 Å². The molecule has 0 saturated heterocycles. The summed E-state index contributed by atoms with van der Waals surface area (Å²) in [5, 5.41) is 2.56. The highest BCUT2D eigenvalue weighted by Crippen LogP contribution is 1.98. The van der Waals surface area contributed by atoms with Crippen molar-refractivity contribution in [3.63, 3.8) is 0 Å². The molecule has 0 bridgehead atoms. The van der Waals surface area contributed by atoms with Gasteiger partial charge in [-0.1, -0.05) is 30.3 Å². The van der Waals surface area contributed by atoms with Crippen LogP contribution in [0, 0.1) is 0 Å². The van der Waals surface area contributed by atoms with Crippen molar-refractivity contribution in [2.45, 2.75) is 6.42 Å². The Morgan fingerprint density at radius 1 is 1.36 bits per heavy atom. The highest BCUT2D eigenvalue weighted by Gasteiger charge is 2.03. The third kappa shape index (κ3) is 3.51. The van der Waals surface area contributed by atoms with Crippen LogP contribution in [0.2, 0.25) is 0 Å². The molecule has 0 unspecified atom stereocenters. The van der Waals surface area contributed by atoms with E-state index in [1.165, 1.54) is 0 Å². The highest BCUT2D eigenvalue weighted by molar-refractivity contribution is 7.80. The van der Waals surface area contributed by atoms with Crippen LogP contribution in [-0.4, -0.2) is 11.0 Å². The Bertz CT molecular complexity index is 326. The molecule has 0 aliphatic heterocycles. The van der Waals surface area contributed by atoms with E-state index in [4.69, 9.17) is 5.84 Å². The number of carbonyl (C=O) groups excluding carboxylic acids is 1. The number of nitrogens with two attached hydrogens (primary N) is 1. The third-order valence-corrected chi connectivity index (χ3v) is 1.81. The largest absolute Gasteiger partial charge is 0.302 e. The topological polar surface area (TPSA) is 67.2 Å². The number of thiocarbonyl (C=S) groups is 1. The van der Waals surface area contributed by atoms with Gasteiger partial charge in [-0.05, 0) is 17.8 Å². The first kappa shape index (κ1) is 10.6. The quantitative estimate of drug-likeness (QED) is 0.367. The van der Waals surface area contributed by atoms with Crippen molar-refractivity contribution >= 4 is 23.2 Å². The number of rotatable bonds is 2. The van der Waals surface area contributed by atoms with E-state index >= 15 is 0 Å². The van der Waals surface area contributed by atoms with Crippen molar-refractivity contribution in [2.75, 3.05) is 0 Å². The van der Waals surface area contributed by atoms with Crippen LogP contribution in [0.3, 0.4) is 0 Å². The van der Waals surface area contributed by atoms with Crippen molar-refractivity contribution in [1.82, 2.24) is 10.7 Å². The maximum Gasteiger partial charge on any atom is 0.230 e. The lowest BCUT2D eigenvalue weighted by Gasteiger charge is -2.04. The standard InChI is InChI=1S/C9H11N3OS/c10-12-9(14)11-8(13)6-7-4-2-1-3-5-7/h1-5H,6,10H2,(H2,11,12,13,14). The van der Waals surface area contributed by atoms with Gasteiger partial charge in [0, 0.05) is 0 Å². The zero-order chi connectivity index (χ0) is 10.4. The Hall–Kier alpha value is -1.46. The molecule has 0 fully saturated rings. The van der Waals surface area contributed by atoms with Crippen LogP contribution in [0.4, 0.5) is 0 Å². The zero-order valence-corrected chi connectivity index (χ0v) is 8.30. The van der Waals surface area contributed by atoms with Gasteiger partial charge in [-0.15, -0.1) is 0 Å². The Labute approximate surface area is 87.5 Å². The summed E-state index contributed by atoms with van der Waals surface area (Å²) in [7, 11) is 0. The molecule has 1 rings (SSSR count). The molecule has 4 N–H and O–H groups in total. The van der Waals surface area contributed by atoms with Gasteiger partial charge in [0.1, 0.15) is 0 Å². The van der Waals surface area contributed by atoms with E-state index in [0.717, 1.165) is 5.56 Å². The molecule has 0 saturated carbocycles. The van der Waals surface area contributed by atoms with Crippen molar-refractivity contribution in [3.05, 3.63) is 35.9 Å². The monoisotopic (exact) mass is 209 g/mol. The van der Waals surface area contributed by atoms with Gasteiger partial charge in [0.25, 0.3) is 0 Å². The number of hydrogen-bond donors (Lipinski definition) is 3. The maximum absolute atomic E-state index is 11.3. The first-order valence-corrected chi connectivity index (χ1v) is 4.47. The number of carbonyl (C=O) groups is 1. The molecule has 14 heavy (non-hydrogen) atoms. The third-order valence-electron chi connectivity index (χ3n) is 1.59. The molecular formula is C9H11N3OS. The fourth-order valence-electron chi connectivity index (χ4n) is 0.988. The molecule has 4 nitrogen and oxygen atoms in total. The predicted octanol–water partition coefficient (Wildman–Crippen LogP) is 0.0935. The van der Waals surface area contributed by atoms with Gasteiger partial charge >= 0.3 is 0 Å². The molecule has 0 radical (unpaired) electrons. The number of hydrogen-bond acceptors (Lipinski definition) is 3. The van der Waals surface area contributed by atoms with Crippen LogP contribution >= 0.6 is 12.2 Å². The molecule has 1 aromatic rings. The summed E-state index contributed by atoms with van der Waals surface area (Å²) in [6.07, 6.45) is 0.294. The molecule has 0 spiro atoms. The lowest BCUT2D eigenvalue weighted by Crippen LogP contribution is -2.43. The number of nitrogens with one attached hydrogen (secondary N) is 2. The molecular weight excluding hydrogens is 198 g/mol. The fraction of sp³-hybridized carbons (Fsp3) is 0.111. The molecule has 1 amide bonds. The molecule has 5 heteroatoms. The summed E-state index contributed by atoms with van der Waals surface area (Å²) in [6, 6.07) is 9.40. The number of hydrazine groups is 1. The van der Waals surface area contributed by atoms with Crippen molar-refractivity contribution < 1.29 is 4.79 Å². The van der Waals surface area contributed by atoms with E-state index in [1.807, 2.05) is 30.3 Å². The molecule has 1 aromatic carbocycles. The van der Waals surface area contributed by atoms with Gasteiger partial charge in [0.05, 0.1) is 6.42 Å². The van der Waals surface area contributed by atoms with Crippen molar-refractivity contribution in [2.24, 2.45) is 5.84 Å². The average Bonchev–Trinajstić information content (AvgIpc) is 2.19. The molecule has 0 aliphatic carbocycles. The minimum atomic E-state index is -0.181. The molecule has 0 heterocycles. The molecule has 0 atom stereocenters. The average molecular weight is 209 g/mol. The minimum absolute atomic E-state index is 0.130. The minimum Gasteiger partial charge on any atom is -0.302 e. The van der Waals surface area contributed by atoms with E-state index in [9.17, 15) is 4.79 Å². The normalized spacial score (nSPS) is 9.21. The lowest BCUT2D eigenvalue weighted by atomic mass is 10.1. The summed E-state index contributed by atoms with van der Waals surface area (Å²) < 4.78 is 0. The van der Waals surface area contributed by atoms with Gasteiger partial charge in [-0.25, -0.2) is 5.84 Å². The summed E-state index contributed by atoms with van der Waals surface area (Å²) >= 11 is 4.68. The Kier molecular flexibility index (Phi) is 4.03. The van der Waals surface area contributed by atoms with Crippen LogP contribution in [0.15, 0.2) is 30.3 Å². The lowest BCUT2D eigenvalue weighted by molar-refractivity contribution is -0.119. The SMILES string of the molecule is NNC(=S)NC(=O)Cc1ccccc1. The second-order valence-electron chi connectivity index (χ2n) is 2.68. The Morgan fingerprint density at radius 2 is 2.00 bits per heavy atom.